The lowest BCUT2D eigenvalue weighted by atomic mass is 10.2. The average Bonchev–Trinajstić information content (AvgIpc) is 2.28. The molecule has 0 radical (unpaired) electrons. The molecular weight excluding hydrogens is 244 g/mol. The summed E-state index contributed by atoms with van der Waals surface area (Å²) in [5, 5.41) is 8.77. The lowest BCUT2D eigenvalue weighted by molar-refractivity contribution is -0.141. The van der Waals surface area contributed by atoms with Crippen LogP contribution in [0.5, 0.6) is 0 Å². The van der Waals surface area contributed by atoms with Crippen LogP contribution in [0.3, 0.4) is 0 Å². The van der Waals surface area contributed by atoms with E-state index in [1.165, 1.54) is 4.90 Å². The van der Waals surface area contributed by atoms with E-state index >= 15 is 0 Å². The number of urea groups is 1. The van der Waals surface area contributed by atoms with Crippen LogP contribution >= 0.6 is 0 Å². The van der Waals surface area contributed by atoms with Gasteiger partial charge in [0.15, 0.2) is 0 Å². The second-order valence-corrected chi connectivity index (χ2v) is 5.93. The minimum absolute atomic E-state index is 0.185. The summed E-state index contributed by atoms with van der Waals surface area (Å²) in [6, 6.07) is -0.185. The largest absolute Gasteiger partial charge is 0.481 e. The zero-order chi connectivity index (χ0) is 13.0. The molecule has 6 nitrogen and oxygen atoms in total. The van der Waals surface area contributed by atoms with E-state index in [-0.39, 0.29) is 12.6 Å². The molecule has 1 rings (SSSR count). The lowest BCUT2D eigenvalue weighted by Crippen LogP contribution is -2.48. The Morgan fingerprint density at radius 3 is 2.41 bits per heavy atom. The van der Waals surface area contributed by atoms with Gasteiger partial charge in [0.05, 0.1) is 5.92 Å². The fourth-order valence-electron chi connectivity index (χ4n) is 1.64. The van der Waals surface area contributed by atoms with E-state index in [0.29, 0.717) is 24.6 Å². The zero-order valence-corrected chi connectivity index (χ0v) is 10.9. The van der Waals surface area contributed by atoms with Gasteiger partial charge in [0.2, 0.25) is 0 Å². The topological polar surface area (TPSA) is 77.9 Å². The van der Waals surface area contributed by atoms with Crippen molar-refractivity contribution in [3.05, 3.63) is 0 Å². The first-order valence-electron chi connectivity index (χ1n) is 5.49. The van der Waals surface area contributed by atoms with Crippen LogP contribution in [-0.2, 0) is 15.6 Å². The van der Waals surface area contributed by atoms with E-state index in [2.05, 4.69) is 0 Å². The quantitative estimate of drug-likeness (QED) is 0.765. The molecule has 0 saturated carbocycles. The van der Waals surface area contributed by atoms with Crippen molar-refractivity contribution in [2.75, 3.05) is 38.2 Å². The molecule has 0 spiro atoms. The zero-order valence-electron chi connectivity index (χ0n) is 10.1. The van der Waals surface area contributed by atoms with E-state index in [0.717, 1.165) is 0 Å². The third-order valence-electron chi connectivity index (χ3n) is 2.74. The number of carbonyl (C=O) groups is 2. The lowest BCUT2D eigenvalue weighted by Gasteiger charge is -2.31. The number of aliphatic carboxylic acids is 1. The van der Waals surface area contributed by atoms with E-state index in [9.17, 15) is 13.8 Å². The molecule has 1 saturated heterocycles. The SMILES string of the molecule is CC(CN(C)C(=O)N1CCS(=O)CC1)C(=O)O. The first kappa shape index (κ1) is 14.0. The number of nitrogens with zero attached hydrogens (tertiary/aromatic N) is 2. The minimum atomic E-state index is -0.913. The van der Waals surface area contributed by atoms with Crippen LogP contribution in [0.15, 0.2) is 0 Å². The van der Waals surface area contributed by atoms with Crippen molar-refractivity contribution < 1.29 is 18.9 Å². The van der Waals surface area contributed by atoms with E-state index in [4.69, 9.17) is 5.11 Å². The fraction of sp³-hybridized carbons (Fsp3) is 0.800. The Morgan fingerprint density at radius 2 is 1.94 bits per heavy atom. The number of hydrogen-bond acceptors (Lipinski definition) is 3. The second-order valence-electron chi connectivity index (χ2n) is 4.24. The van der Waals surface area contributed by atoms with E-state index in [1.807, 2.05) is 0 Å². The van der Waals surface area contributed by atoms with Gasteiger partial charge in [-0.15, -0.1) is 0 Å². The molecule has 0 aromatic rings. The highest BCUT2D eigenvalue weighted by Crippen LogP contribution is 2.06. The van der Waals surface area contributed by atoms with Crippen LogP contribution in [0.4, 0.5) is 4.79 Å². The normalized spacial score (nSPS) is 18.8. The highest BCUT2D eigenvalue weighted by atomic mass is 32.2. The summed E-state index contributed by atoms with van der Waals surface area (Å²) in [4.78, 5) is 25.6. The van der Waals surface area contributed by atoms with Gasteiger partial charge in [-0.1, -0.05) is 6.92 Å². The Kier molecular flexibility index (Phi) is 4.92. The number of rotatable bonds is 3. The maximum absolute atomic E-state index is 11.9. The Hall–Kier alpha value is -1.11. The summed E-state index contributed by atoms with van der Waals surface area (Å²) in [6.07, 6.45) is 0. The van der Waals surface area contributed by atoms with Crippen molar-refractivity contribution in [1.82, 2.24) is 9.80 Å². The van der Waals surface area contributed by atoms with Crippen molar-refractivity contribution in [3.63, 3.8) is 0 Å². The molecular formula is C10H18N2O4S. The third kappa shape index (κ3) is 3.99. The van der Waals surface area contributed by atoms with Crippen molar-refractivity contribution in [3.8, 4) is 0 Å². The van der Waals surface area contributed by atoms with E-state index < -0.39 is 22.7 Å². The predicted octanol–water partition coefficient (Wildman–Crippen LogP) is -0.177. The van der Waals surface area contributed by atoms with Crippen LogP contribution in [0.25, 0.3) is 0 Å². The molecule has 0 aromatic carbocycles. The molecule has 1 fully saturated rings. The van der Waals surface area contributed by atoms with Crippen molar-refractivity contribution in [2.24, 2.45) is 5.92 Å². The summed E-state index contributed by atoms with van der Waals surface area (Å²) in [5.41, 5.74) is 0. The summed E-state index contributed by atoms with van der Waals surface area (Å²) >= 11 is 0. The van der Waals surface area contributed by atoms with Crippen LogP contribution in [0, 0.1) is 5.92 Å². The van der Waals surface area contributed by atoms with Gasteiger partial charge in [0, 0.05) is 49.0 Å². The molecule has 0 aliphatic carbocycles. The van der Waals surface area contributed by atoms with Gasteiger partial charge in [-0.25, -0.2) is 4.79 Å². The van der Waals surface area contributed by atoms with Crippen molar-refractivity contribution in [1.29, 1.82) is 0 Å². The fourth-order valence-corrected chi connectivity index (χ4v) is 2.69. The monoisotopic (exact) mass is 262 g/mol. The standard InChI is InChI=1S/C10H18N2O4S/c1-8(9(13)14)7-11(2)10(15)12-3-5-17(16)6-4-12/h8H,3-7H2,1-2H3,(H,13,14). The van der Waals surface area contributed by atoms with Gasteiger partial charge in [-0.2, -0.15) is 0 Å². The van der Waals surface area contributed by atoms with Crippen molar-refractivity contribution >= 4 is 22.8 Å². The molecule has 0 aromatic heterocycles. The number of amides is 2. The Bertz CT molecular complexity index is 324. The van der Waals surface area contributed by atoms with Gasteiger partial charge in [-0.05, 0) is 0 Å². The third-order valence-corrected chi connectivity index (χ3v) is 4.02. The Balaban J connectivity index is 2.46. The highest BCUT2D eigenvalue weighted by Gasteiger charge is 2.24. The smallest absolute Gasteiger partial charge is 0.319 e. The number of carboxylic acids is 1. The Morgan fingerprint density at radius 1 is 1.41 bits per heavy atom. The number of carboxylic acid groups (broad SMARTS) is 1. The summed E-state index contributed by atoms with van der Waals surface area (Å²) in [6.45, 7) is 2.72. The molecule has 2 amide bonds. The number of carbonyl (C=O) groups excluding carboxylic acids is 1. The van der Waals surface area contributed by atoms with Gasteiger partial charge >= 0.3 is 12.0 Å². The maximum atomic E-state index is 11.9. The molecule has 98 valence electrons. The van der Waals surface area contributed by atoms with Crippen LogP contribution in [-0.4, -0.2) is 69.3 Å². The molecule has 1 N–H and O–H groups in total. The number of hydrogen-bond donors (Lipinski definition) is 1. The molecule has 17 heavy (non-hydrogen) atoms. The van der Waals surface area contributed by atoms with E-state index in [1.54, 1.807) is 18.9 Å². The summed E-state index contributed by atoms with van der Waals surface area (Å²) in [5.74, 6) is -0.477. The van der Waals surface area contributed by atoms with Gasteiger partial charge in [0.25, 0.3) is 0 Å². The molecule has 1 aliphatic rings. The summed E-state index contributed by atoms with van der Waals surface area (Å²) < 4.78 is 11.1. The minimum Gasteiger partial charge on any atom is -0.481 e. The highest BCUT2D eigenvalue weighted by molar-refractivity contribution is 7.85. The molecule has 7 heteroatoms. The van der Waals surface area contributed by atoms with Crippen LogP contribution in [0.1, 0.15) is 6.92 Å². The Labute approximate surface area is 103 Å². The first-order chi connectivity index (χ1) is 7.91. The van der Waals surface area contributed by atoms with Crippen LogP contribution in [0.2, 0.25) is 0 Å². The molecule has 0 bridgehead atoms. The predicted molar refractivity (Wildman–Crippen MR) is 64.3 cm³/mol. The van der Waals surface area contributed by atoms with Gasteiger partial charge in [-0.3, -0.25) is 9.00 Å². The first-order valence-corrected chi connectivity index (χ1v) is 6.98. The average molecular weight is 262 g/mol. The van der Waals surface area contributed by atoms with Gasteiger partial charge in [0.1, 0.15) is 0 Å². The molecule has 1 heterocycles. The maximum Gasteiger partial charge on any atom is 0.319 e. The molecule has 1 atom stereocenters. The van der Waals surface area contributed by atoms with Crippen molar-refractivity contribution in [2.45, 2.75) is 6.92 Å². The molecule has 1 unspecified atom stereocenters. The molecule has 1 aliphatic heterocycles. The van der Waals surface area contributed by atoms with Crippen LogP contribution < -0.4 is 0 Å². The van der Waals surface area contributed by atoms with Gasteiger partial charge < -0.3 is 14.9 Å². The summed E-state index contributed by atoms with van der Waals surface area (Å²) in [7, 11) is 0.775. The second kappa shape index (κ2) is 6.00.